The second kappa shape index (κ2) is 1.95. The Balaban J connectivity index is 1.98. The van der Waals surface area contributed by atoms with Crippen LogP contribution in [0, 0.1) is 0 Å². The third-order valence-corrected chi connectivity index (χ3v) is 2.93. The minimum absolute atomic E-state index is 0.557. The van der Waals surface area contributed by atoms with Gasteiger partial charge in [0.15, 0.2) is 0 Å². The van der Waals surface area contributed by atoms with Crippen LogP contribution in [0.2, 0.25) is 0 Å². The molecule has 1 N–H and O–H groups in total. The zero-order valence-electron chi connectivity index (χ0n) is 6.85. The summed E-state index contributed by atoms with van der Waals surface area (Å²) in [6.45, 7) is 4.72. The largest absolute Gasteiger partial charge is 0.308 e. The molecule has 2 aliphatic rings. The van der Waals surface area contributed by atoms with Crippen molar-refractivity contribution in [3.63, 3.8) is 0 Å². The first-order valence-electron chi connectivity index (χ1n) is 4.17. The fourth-order valence-corrected chi connectivity index (χ4v) is 1.69. The molecule has 2 nitrogen and oxygen atoms in total. The summed E-state index contributed by atoms with van der Waals surface area (Å²) in [4.78, 5) is 2.46. The van der Waals surface area contributed by atoms with Gasteiger partial charge in [0.25, 0.3) is 0 Å². The zero-order valence-corrected chi connectivity index (χ0v) is 6.85. The predicted molar refractivity (Wildman–Crippen MR) is 42.1 cm³/mol. The van der Waals surface area contributed by atoms with E-state index in [4.69, 9.17) is 0 Å². The molecule has 1 spiro atoms. The predicted octanol–water partition coefficient (Wildman–Crippen LogP) is 0.443. The van der Waals surface area contributed by atoms with E-state index in [1.807, 2.05) is 0 Å². The molecule has 1 atom stereocenters. The van der Waals surface area contributed by atoms with Gasteiger partial charge in [-0.3, -0.25) is 0 Å². The van der Waals surface area contributed by atoms with Crippen molar-refractivity contribution in [2.24, 2.45) is 0 Å². The van der Waals surface area contributed by atoms with Crippen LogP contribution < -0.4 is 5.32 Å². The van der Waals surface area contributed by atoms with Gasteiger partial charge in [-0.25, -0.2) is 0 Å². The number of hydrogen-bond acceptors (Lipinski definition) is 2. The molecule has 0 amide bonds. The van der Waals surface area contributed by atoms with Gasteiger partial charge in [0.05, 0.1) is 0 Å². The summed E-state index contributed by atoms with van der Waals surface area (Å²) >= 11 is 0. The zero-order chi connectivity index (χ0) is 7.19. The van der Waals surface area contributed by atoms with Gasteiger partial charge in [-0.2, -0.15) is 0 Å². The van der Waals surface area contributed by atoms with E-state index in [-0.39, 0.29) is 0 Å². The monoisotopic (exact) mass is 140 g/mol. The minimum atomic E-state index is 0.557. The van der Waals surface area contributed by atoms with Gasteiger partial charge in [-0.15, -0.1) is 0 Å². The SMILES string of the molecule is C[C@H]1CNC2(CC2)CN1C. The Bertz CT molecular complexity index is 140. The summed E-state index contributed by atoms with van der Waals surface area (Å²) < 4.78 is 0. The maximum Gasteiger partial charge on any atom is 0.0310 e. The molecular formula is C8H16N2. The number of piperazine rings is 1. The van der Waals surface area contributed by atoms with E-state index in [2.05, 4.69) is 24.2 Å². The highest BCUT2D eigenvalue weighted by Gasteiger charge is 2.45. The Morgan fingerprint density at radius 2 is 2.20 bits per heavy atom. The van der Waals surface area contributed by atoms with Crippen molar-refractivity contribution in [2.45, 2.75) is 31.3 Å². The molecular weight excluding hydrogens is 124 g/mol. The van der Waals surface area contributed by atoms with E-state index in [0.717, 1.165) is 6.04 Å². The Hall–Kier alpha value is -0.0800. The highest BCUT2D eigenvalue weighted by Crippen LogP contribution is 2.37. The van der Waals surface area contributed by atoms with Crippen LogP contribution in [-0.2, 0) is 0 Å². The van der Waals surface area contributed by atoms with Crippen LogP contribution in [0.25, 0.3) is 0 Å². The summed E-state index contributed by atoms with van der Waals surface area (Å²) in [6, 6.07) is 0.728. The summed E-state index contributed by atoms with van der Waals surface area (Å²) in [5, 5.41) is 3.61. The molecule has 0 aromatic carbocycles. The van der Waals surface area contributed by atoms with Crippen molar-refractivity contribution in [3.05, 3.63) is 0 Å². The topological polar surface area (TPSA) is 15.3 Å². The molecule has 1 saturated carbocycles. The third kappa shape index (κ3) is 0.956. The number of likely N-dealkylation sites (N-methyl/N-ethyl adjacent to an activating group) is 1. The van der Waals surface area contributed by atoms with Crippen molar-refractivity contribution in [2.75, 3.05) is 20.1 Å². The van der Waals surface area contributed by atoms with Gasteiger partial charge in [0, 0.05) is 24.7 Å². The molecule has 0 aromatic heterocycles. The summed E-state index contributed by atoms with van der Waals surface area (Å²) in [5.41, 5.74) is 0.557. The van der Waals surface area contributed by atoms with Crippen molar-refractivity contribution < 1.29 is 0 Å². The molecule has 0 bridgehead atoms. The lowest BCUT2D eigenvalue weighted by atomic mass is 10.1. The Labute approximate surface area is 62.6 Å². The number of hydrogen-bond donors (Lipinski definition) is 1. The molecule has 2 heteroatoms. The molecule has 1 aliphatic heterocycles. The molecule has 2 rings (SSSR count). The quantitative estimate of drug-likeness (QED) is 0.525. The van der Waals surface area contributed by atoms with Crippen LogP contribution in [0.15, 0.2) is 0 Å². The van der Waals surface area contributed by atoms with Crippen LogP contribution in [0.4, 0.5) is 0 Å². The van der Waals surface area contributed by atoms with Crippen LogP contribution in [0.1, 0.15) is 19.8 Å². The molecule has 2 fully saturated rings. The highest BCUT2D eigenvalue weighted by atomic mass is 15.2. The first-order valence-corrected chi connectivity index (χ1v) is 4.17. The third-order valence-electron chi connectivity index (χ3n) is 2.93. The lowest BCUT2D eigenvalue weighted by molar-refractivity contribution is 0.165. The molecule has 1 saturated heterocycles. The van der Waals surface area contributed by atoms with Gasteiger partial charge in [0.1, 0.15) is 0 Å². The number of nitrogens with one attached hydrogen (secondary N) is 1. The van der Waals surface area contributed by atoms with Crippen LogP contribution >= 0.6 is 0 Å². The van der Waals surface area contributed by atoms with Crippen molar-refractivity contribution in [1.82, 2.24) is 10.2 Å². The second-order valence-corrected chi connectivity index (χ2v) is 3.93. The Morgan fingerprint density at radius 1 is 1.50 bits per heavy atom. The van der Waals surface area contributed by atoms with Gasteiger partial charge in [-0.1, -0.05) is 0 Å². The van der Waals surface area contributed by atoms with Crippen LogP contribution in [0.3, 0.4) is 0 Å². The van der Waals surface area contributed by atoms with E-state index in [1.54, 1.807) is 0 Å². The first-order chi connectivity index (χ1) is 4.72. The molecule has 1 heterocycles. The van der Waals surface area contributed by atoms with E-state index in [1.165, 1.54) is 25.9 Å². The summed E-state index contributed by atoms with van der Waals surface area (Å²) in [6.07, 6.45) is 2.79. The van der Waals surface area contributed by atoms with Crippen molar-refractivity contribution in [3.8, 4) is 0 Å². The molecule has 58 valence electrons. The maximum absolute atomic E-state index is 3.61. The minimum Gasteiger partial charge on any atom is -0.308 e. The van der Waals surface area contributed by atoms with Crippen LogP contribution in [-0.4, -0.2) is 36.6 Å². The fourth-order valence-electron chi connectivity index (χ4n) is 1.69. The maximum atomic E-state index is 3.61. The smallest absolute Gasteiger partial charge is 0.0310 e. The van der Waals surface area contributed by atoms with Gasteiger partial charge >= 0.3 is 0 Å². The standard InChI is InChI=1S/C8H16N2/c1-7-5-9-8(3-4-8)6-10(7)2/h7,9H,3-6H2,1-2H3/t7-/m0/s1. The second-order valence-electron chi connectivity index (χ2n) is 3.93. The Morgan fingerprint density at radius 3 is 2.70 bits per heavy atom. The average molecular weight is 140 g/mol. The number of rotatable bonds is 0. The van der Waals surface area contributed by atoms with Gasteiger partial charge < -0.3 is 10.2 Å². The number of nitrogens with zero attached hydrogens (tertiary/aromatic N) is 1. The molecule has 0 aromatic rings. The lowest BCUT2D eigenvalue weighted by Gasteiger charge is -2.36. The fraction of sp³-hybridized carbons (Fsp3) is 1.00. The molecule has 0 unspecified atom stereocenters. The molecule has 10 heavy (non-hydrogen) atoms. The van der Waals surface area contributed by atoms with Crippen LogP contribution in [0.5, 0.6) is 0 Å². The van der Waals surface area contributed by atoms with E-state index < -0.39 is 0 Å². The summed E-state index contributed by atoms with van der Waals surface area (Å²) in [5.74, 6) is 0. The van der Waals surface area contributed by atoms with Crippen molar-refractivity contribution in [1.29, 1.82) is 0 Å². The van der Waals surface area contributed by atoms with Crippen molar-refractivity contribution >= 4 is 0 Å². The molecule has 0 radical (unpaired) electrons. The highest BCUT2D eigenvalue weighted by molar-refractivity contribution is 5.07. The Kier molecular flexibility index (Phi) is 1.29. The van der Waals surface area contributed by atoms with E-state index in [0.29, 0.717) is 5.54 Å². The lowest BCUT2D eigenvalue weighted by Crippen LogP contribution is -2.55. The van der Waals surface area contributed by atoms with Gasteiger partial charge in [-0.05, 0) is 26.8 Å². The van der Waals surface area contributed by atoms with E-state index >= 15 is 0 Å². The summed E-state index contributed by atoms with van der Waals surface area (Å²) in [7, 11) is 2.23. The van der Waals surface area contributed by atoms with Gasteiger partial charge in [0.2, 0.25) is 0 Å². The molecule has 1 aliphatic carbocycles. The first kappa shape index (κ1) is 6.62. The van der Waals surface area contributed by atoms with E-state index in [9.17, 15) is 0 Å². The average Bonchev–Trinajstić information content (AvgIpc) is 2.62. The normalized spacial score (nSPS) is 38.4.